The number of hydrogen-bond acceptors (Lipinski definition) is 3. The second kappa shape index (κ2) is 7.23. The zero-order valence-corrected chi connectivity index (χ0v) is 13.4. The zero-order valence-electron chi connectivity index (χ0n) is 13.4. The van der Waals surface area contributed by atoms with Crippen LogP contribution in [0.2, 0.25) is 0 Å². The van der Waals surface area contributed by atoms with Gasteiger partial charge in [0.2, 0.25) is 0 Å². The molecule has 0 spiro atoms. The summed E-state index contributed by atoms with van der Waals surface area (Å²) in [7, 11) is 0. The van der Waals surface area contributed by atoms with Gasteiger partial charge >= 0.3 is 0 Å². The van der Waals surface area contributed by atoms with Gasteiger partial charge in [0, 0.05) is 31.4 Å². The van der Waals surface area contributed by atoms with E-state index in [0.29, 0.717) is 0 Å². The molecular weight excluding hydrogens is 248 g/mol. The van der Waals surface area contributed by atoms with Crippen molar-refractivity contribution in [1.29, 1.82) is 0 Å². The Bertz CT molecular complexity index is 383. The fourth-order valence-electron chi connectivity index (χ4n) is 2.65. The molecule has 1 aliphatic heterocycles. The third-order valence-corrected chi connectivity index (χ3v) is 3.96. The molecule has 1 aliphatic rings. The van der Waals surface area contributed by atoms with Crippen molar-refractivity contribution in [3.05, 3.63) is 18.0 Å². The molecule has 0 saturated carbocycles. The number of nitrogens with one attached hydrogen (secondary N) is 1. The molecule has 0 aliphatic carbocycles. The molecule has 1 aromatic heterocycles. The number of likely N-dealkylation sites (tertiary alicyclic amines) is 1. The molecule has 1 saturated heterocycles. The second-order valence-electron chi connectivity index (χ2n) is 6.90. The molecule has 0 unspecified atom stereocenters. The van der Waals surface area contributed by atoms with E-state index in [-0.39, 0.29) is 5.54 Å². The first kappa shape index (κ1) is 15.5. The van der Waals surface area contributed by atoms with E-state index in [9.17, 15) is 0 Å². The lowest BCUT2D eigenvalue weighted by Gasteiger charge is -2.19. The molecule has 2 heterocycles. The van der Waals surface area contributed by atoms with Crippen molar-refractivity contribution in [2.75, 3.05) is 26.2 Å². The Kier molecular flexibility index (Phi) is 5.61. The first-order valence-electron chi connectivity index (χ1n) is 8.03. The van der Waals surface area contributed by atoms with Crippen LogP contribution in [0.3, 0.4) is 0 Å². The maximum atomic E-state index is 4.43. The normalized spacial score (nSPS) is 18.1. The van der Waals surface area contributed by atoms with E-state index >= 15 is 0 Å². The highest BCUT2D eigenvalue weighted by Gasteiger charge is 2.13. The maximum Gasteiger partial charge on any atom is 0.0543 e. The van der Waals surface area contributed by atoms with Crippen LogP contribution in [0.5, 0.6) is 0 Å². The van der Waals surface area contributed by atoms with E-state index < -0.39 is 0 Å². The van der Waals surface area contributed by atoms with E-state index in [4.69, 9.17) is 0 Å². The lowest BCUT2D eigenvalue weighted by molar-refractivity contribution is 0.284. The minimum Gasteiger partial charge on any atom is -0.311 e. The van der Waals surface area contributed by atoms with Crippen LogP contribution < -0.4 is 5.32 Å². The second-order valence-corrected chi connectivity index (χ2v) is 6.90. The monoisotopic (exact) mass is 278 g/mol. The number of nitrogens with zero attached hydrogens (tertiary/aromatic N) is 3. The number of hydrogen-bond donors (Lipinski definition) is 1. The third kappa shape index (κ3) is 4.91. The molecule has 114 valence electrons. The van der Waals surface area contributed by atoms with E-state index in [1.165, 1.54) is 50.9 Å². The van der Waals surface area contributed by atoms with Gasteiger partial charge in [-0.1, -0.05) is 12.8 Å². The quantitative estimate of drug-likeness (QED) is 0.841. The first-order chi connectivity index (χ1) is 9.55. The number of aromatic nitrogens is 2. The van der Waals surface area contributed by atoms with Gasteiger partial charge in [-0.3, -0.25) is 4.68 Å². The zero-order chi connectivity index (χ0) is 14.4. The Labute approximate surface area is 123 Å². The third-order valence-electron chi connectivity index (χ3n) is 3.96. The highest BCUT2D eigenvalue weighted by atomic mass is 15.3. The van der Waals surface area contributed by atoms with Crippen LogP contribution >= 0.6 is 0 Å². The van der Waals surface area contributed by atoms with E-state index in [2.05, 4.69) is 42.3 Å². The molecule has 0 aromatic carbocycles. The maximum absolute atomic E-state index is 4.43. The van der Waals surface area contributed by atoms with Crippen molar-refractivity contribution in [3.8, 4) is 0 Å². The van der Waals surface area contributed by atoms with Gasteiger partial charge in [-0.2, -0.15) is 5.10 Å². The standard InChI is InChI=1S/C16H30N4/c1-16(2,3)20-14-15(13-18-20)12-17-8-11-19-9-6-4-5-7-10-19/h13-14,17H,4-12H2,1-3H3. The van der Waals surface area contributed by atoms with Crippen LogP contribution in [0, 0.1) is 0 Å². The summed E-state index contributed by atoms with van der Waals surface area (Å²) < 4.78 is 2.04. The average molecular weight is 278 g/mol. The van der Waals surface area contributed by atoms with Crippen LogP contribution in [0.4, 0.5) is 0 Å². The van der Waals surface area contributed by atoms with E-state index in [1.807, 2.05) is 10.9 Å². The van der Waals surface area contributed by atoms with Gasteiger partial charge in [0.15, 0.2) is 0 Å². The topological polar surface area (TPSA) is 33.1 Å². The molecule has 4 heteroatoms. The molecule has 0 radical (unpaired) electrons. The van der Waals surface area contributed by atoms with Gasteiger partial charge in [0.1, 0.15) is 0 Å². The van der Waals surface area contributed by atoms with Gasteiger partial charge in [0.25, 0.3) is 0 Å². The Balaban J connectivity index is 1.66. The van der Waals surface area contributed by atoms with Crippen molar-refractivity contribution < 1.29 is 0 Å². The molecule has 1 fully saturated rings. The van der Waals surface area contributed by atoms with Gasteiger partial charge < -0.3 is 10.2 Å². The molecule has 1 aromatic rings. The molecular formula is C16H30N4. The fourth-order valence-corrected chi connectivity index (χ4v) is 2.65. The summed E-state index contributed by atoms with van der Waals surface area (Å²) in [5.41, 5.74) is 1.35. The molecule has 2 rings (SSSR count). The predicted octanol–water partition coefficient (Wildman–Crippen LogP) is 2.60. The summed E-state index contributed by atoms with van der Waals surface area (Å²) in [5.74, 6) is 0. The lowest BCUT2D eigenvalue weighted by atomic mass is 10.1. The van der Waals surface area contributed by atoms with Crippen LogP contribution in [0.25, 0.3) is 0 Å². The van der Waals surface area contributed by atoms with Gasteiger partial charge in [-0.15, -0.1) is 0 Å². The molecule has 4 nitrogen and oxygen atoms in total. The molecule has 1 N–H and O–H groups in total. The first-order valence-corrected chi connectivity index (χ1v) is 8.03. The van der Waals surface area contributed by atoms with Crippen molar-refractivity contribution in [2.45, 2.75) is 58.5 Å². The smallest absolute Gasteiger partial charge is 0.0543 e. The Morgan fingerprint density at radius 1 is 1.15 bits per heavy atom. The largest absolute Gasteiger partial charge is 0.311 e. The summed E-state index contributed by atoms with van der Waals surface area (Å²) >= 11 is 0. The van der Waals surface area contributed by atoms with Gasteiger partial charge in [-0.25, -0.2) is 0 Å². The van der Waals surface area contributed by atoms with Gasteiger partial charge in [0.05, 0.1) is 11.7 Å². The van der Waals surface area contributed by atoms with Crippen LogP contribution in [-0.2, 0) is 12.1 Å². The lowest BCUT2D eigenvalue weighted by Crippen LogP contribution is -2.32. The molecule has 0 amide bonds. The van der Waals surface area contributed by atoms with Crippen LogP contribution in [-0.4, -0.2) is 40.9 Å². The van der Waals surface area contributed by atoms with E-state index in [1.54, 1.807) is 0 Å². The Morgan fingerprint density at radius 2 is 1.85 bits per heavy atom. The highest BCUT2D eigenvalue weighted by Crippen LogP contribution is 2.13. The Hall–Kier alpha value is -0.870. The number of rotatable bonds is 5. The summed E-state index contributed by atoms with van der Waals surface area (Å²) in [6.45, 7) is 12.3. The predicted molar refractivity (Wildman–Crippen MR) is 83.8 cm³/mol. The Morgan fingerprint density at radius 3 is 2.45 bits per heavy atom. The summed E-state index contributed by atoms with van der Waals surface area (Å²) in [6, 6.07) is 0. The molecule has 0 bridgehead atoms. The van der Waals surface area contributed by atoms with Gasteiger partial charge in [-0.05, 0) is 46.7 Å². The van der Waals surface area contributed by atoms with Crippen molar-refractivity contribution in [3.63, 3.8) is 0 Å². The van der Waals surface area contributed by atoms with Crippen molar-refractivity contribution >= 4 is 0 Å². The fraction of sp³-hybridized carbons (Fsp3) is 0.812. The summed E-state index contributed by atoms with van der Waals surface area (Å²) in [4.78, 5) is 2.60. The van der Waals surface area contributed by atoms with E-state index in [0.717, 1.165) is 13.1 Å². The van der Waals surface area contributed by atoms with Crippen molar-refractivity contribution in [2.24, 2.45) is 0 Å². The highest BCUT2D eigenvalue weighted by molar-refractivity contribution is 5.04. The molecule has 20 heavy (non-hydrogen) atoms. The summed E-state index contributed by atoms with van der Waals surface area (Å²) in [5, 5.41) is 7.97. The average Bonchev–Trinajstić information content (AvgIpc) is 2.72. The SMILES string of the molecule is CC(C)(C)n1cc(CNCCN2CCCCCC2)cn1. The minimum atomic E-state index is 0.0737. The van der Waals surface area contributed by atoms with Crippen molar-refractivity contribution in [1.82, 2.24) is 20.0 Å². The minimum absolute atomic E-state index is 0.0737. The summed E-state index contributed by atoms with van der Waals surface area (Å²) in [6.07, 6.45) is 9.70. The molecule has 0 atom stereocenters. The van der Waals surface area contributed by atoms with Crippen LogP contribution in [0.15, 0.2) is 12.4 Å². The van der Waals surface area contributed by atoms with Crippen LogP contribution in [0.1, 0.15) is 52.0 Å².